The molecular formula is C12H14FN3O4. The lowest BCUT2D eigenvalue weighted by Crippen LogP contribution is -2.32. The number of carbonyl (C=O) groups is 3. The minimum absolute atomic E-state index is 0.0312. The van der Waals surface area contributed by atoms with Crippen LogP contribution in [0.3, 0.4) is 0 Å². The third kappa shape index (κ3) is 4.56. The highest BCUT2D eigenvalue weighted by Gasteiger charge is 2.13. The van der Waals surface area contributed by atoms with Gasteiger partial charge in [-0.3, -0.25) is 4.79 Å². The predicted octanol–water partition coefficient (Wildman–Crippen LogP) is 0.781. The van der Waals surface area contributed by atoms with E-state index in [9.17, 15) is 18.8 Å². The third-order valence-corrected chi connectivity index (χ3v) is 2.38. The van der Waals surface area contributed by atoms with E-state index in [1.54, 1.807) is 0 Å². The Morgan fingerprint density at radius 1 is 1.30 bits per heavy atom. The Hall–Kier alpha value is -2.64. The van der Waals surface area contributed by atoms with Crippen LogP contribution in [-0.2, 0) is 4.79 Å². The minimum atomic E-state index is -1.36. The van der Waals surface area contributed by atoms with E-state index in [4.69, 9.17) is 5.11 Å². The fraction of sp³-hybridized carbons (Fsp3) is 0.250. The Morgan fingerprint density at radius 3 is 2.60 bits per heavy atom. The molecule has 7 nitrogen and oxygen atoms in total. The van der Waals surface area contributed by atoms with Crippen LogP contribution in [-0.4, -0.2) is 36.6 Å². The van der Waals surface area contributed by atoms with Gasteiger partial charge in [0.25, 0.3) is 0 Å². The zero-order chi connectivity index (χ0) is 15.1. The Kier molecular flexibility index (Phi) is 5.45. The maximum Gasteiger partial charge on any atom is 0.337 e. The molecule has 20 heavy (non-hydrogen) atoms. The number of nitrogens with one attached hydrogen (secondary N) is 3. The lowest BCUT2D eigenvalue weighted by atomic mass is 10.2. The molecule has 0 aliphatic carbocycles. The second-order valence-corrected chi connectivity index (χ2v) is 3.80. The number of aromatic carboxylic acids is 1. The summed E-state index contributed by atoms with van der Waals surface area (Å²) in [4.78, 5) is 33.3. The summed E-state index contributed by atoms with van der Waals surface area (Å²) in [6, 6.07) is 2.31. The van der Waals surface area contributed by atoms with Crippen molar-refractivity contribution in [2.75, 3.05) is 18.9 Å². The zero-order valence-electron chi connectivity index (χ0n) is 10.7. The molecule has 0 unspecified atom stereocenters. The molecule has 0 bridgehead atoms. The highest BCUT2D eigenvalue weighted by atomic mass is 19.1. The number of urea groups is 1. The molecule has 0 radical (unpaired) electrons. The van der Waals surface area contributed by atoms with E-state index < -0.39 is 17.8 Å². The number of carbonyl (C=O) groups excluding carboxylic acids is 2. The van der Waals surface area contributed by atoms with Crippen LogP contribution < -0.4 is 16.0 Å². The highest BCUT2D eigenvalue weighted by Crippen LogP contribution is 2.16. The smallest absolute Gasteiger partial charge is 0.337 e. The van der Waals surface area contributed by atoms with E-state index in [-0.39, 0.29) is 30.1 Å². The van der Waals surface area contributed by atoms with E-state index in [0.29, 0.717) is 0 Å². The second kappa shape index (κ2) is 7.07. The van der Waals surface area contributed by atoms with Gasteiger partial charge < -0.3 is 21.1 Å². The molecule has 108 valence electrons. The van der Waals surface area contributed by atoms with Gasteiger partial charge in [0.05, 0.1) is 11.3 Å². The number of amides is 3. The number of benzene rings is 1. The average molecular weight is 283 g/mol. The fourth-order valence-corrected chi connectivity index (χ4v) is 1.38. The number of rotatable bonds is 5. The van der Waals surface area contributed by atoms with Gasteiger partial charge in [-0.05, 0) is 18.2 Å². The summed E-state index contributed by atoms with van der Waals surface area (Å²) in [5.74, 6) is -2.31. The largest absolute Gasteiger partial charge is 0.478 e. The van der Waals surface area contributed by atoms with E-state index in [2.05, 4.69) is 16.0 Å². The van der Waals surface area contributed by atoms with Crippen LogP contribution in [0.15, 0.2) is 18.2 Å². The molecule has 8 heteroatoms. The van der Waals surface area contributed by atoms with Gasteiger partial charge in [0.15, 0.2) is 0 Å². The van der Waals surface area contributed by atoms with Crippen LogP contribution >= 0.6 is 0 Å². The summed E-state index contributed by atoms with van der Waals surface area (Å²) >= 11 is 0. The van der Waals surface area contributed by atoms with Crippen LogP contribution in [0.2, 0.25) is 0 Å². The first-order valence-corrected chi connectivity index (χ1v) is 5.72. The van der Waals surface area contributed by atoms with Gasteiger partial charge in [0.1, 0.15) is 5.82 Å². The molecule has 0 fully saturated rings. The predicted molar refractivity (Wildman–Crippen MR) is 69.1 cm³/mol. The quantitative estimate of drug-likeness (QED) is 0.640. The molecule has 3 amide bonds. The second-order valence-electron chi connectivity index (χ2n) is 3.80. The van der Waals surface area contributed by atoms with Crippen molar-refractivity contribution in [3.63, 3.8) is 0 Å². The van der Waals surface area contributed by atoms with Gasteiger partial charge in [0, 0.05) is 20.0 Å². The Bertz CT molecular complexity index is 533. The Labute approximate surface area is 114 Å². The van der Waals surface area contributed by atoms with Gasteiger partial charge in [-0.1, -0.05) is 0 Å². The summed E-state index contributed by atoms with van der Waals surface area (Å²) in [5.41, 5.74) is -0.386. The summed E-state index contributed by atoms with van der Waals surface area (Å²) in [5, 5.41) is 15.9. The third-order valence-electron chi connectivity index (χ3n) is 2.38. The highest BCUT2D eigenvalue weighted by molar-refractivity contribution is 6.00. The molecule has 0 atom stereocenters. The van der Waals surface area contributed by atoms with Gasteiger partial charge in [-0.15, -0.1) is 0 Å². The van der Waals surface area contributed by atoms with Crippen molar-refractivity contribution in [1.29, 1.82) is 0 Å². The molecule has 1 rings (SSSR count). The molecule has 0 spiro atoms. The number of carboxylic acids is 1. The van der Waals surface area contributed by atoms with E-state index in [1.807, 2.05) is 0 Å². The first-order chi connectivity index (χ1) is 9.43. The van der Waals surface area contributed by atoms with Crippen molar-refractivity contribution in [1.82, 2.24) is 10.6 Å². The van der Waals surface area contributed by atoms with Crippen LogP contribution in [0.4, 0.5) is 14.9 Å². The number of hydrogen-bond donors (Lipinski definition) is 4. The number of carboxylic acid groups (broad SMARTS) is 1. The van der Waals surface area contributed by atoms with Crippen molar-refractivity contribution in [3.05, 3.63) is 29.6 Å². The number of hydrogen-bond acceptors (Lipinski definition) is 3. The van der Waals surface area contributed by atoms with Crippen molar-refractivity contribution in [2.24, 2.45) is 0 Å². The van der Waals surface area contributed by atoms with Crippen LogP contribution in [0, 0.1) is 5.82 Å². The molecule has 4 N–H and O–H groups in total. The van der Waals surface area contributed by atoms with Crippen molar-refractivity contribution >= 4 is 23.6 Å². The summed E-state index contributed by atoms with van der Waals surface area (Å²) in [7, 11) is 1.47. The lowest BCUT2D eigenvalue weighted by molar-refractivity contribution is -0.120. The molecule has 1 aromatic carbocycles. The SMILES string of the molecule is CNC(=O)CCNC(=O)Nc1ccc(F)cc1C(=O)O. The van der Waals surface area contributed by atoms with E-state index in [0.717, 1.165) is 18.2 Å². The van der Waals surface area contributed by atoms with E-state index in [1.165, 1.54) is 7.05 Å². The number of halogens is 1. The topological polar surface area (TPSA) is 108 Å². The van der Waals surface area contributed by atoms with Crippen LogP contribution in [0.5, 0.6) is 0 Å². The van der Waals surface area contributed by atoms with Crippen molar-refractivity contribution < 1.29 is 23.9 Å². The fourth-order valence-electron chi connectivity index (χ4n) is 1.38. The maximum absolute atomic E-state index is 12.9. The van der Waals surface area contributed by atoms with Crippen LogP contribution in [0.1, 0.15) is 16.8 Å². The normalized spacial score (nSPS) is 9.70. The summed E-state index contributed by atoms with van der Waals surface area (Å²) in [6.07, 6.45) is 0.0964. The molecule has 0 aliphatic heterocycles. The summed E-state index contributed by atoms with van der Waals surface area (Å²) < 4.78 is 12.9. The molecular weight excluding hydrogens is 269 g/mol. The van der Waals surface area contributed by atoms with Gasteiger partial charge in [0.2, 0.25) is 5.91 Å². The molecule has 1 aromatic rings. The Balaban J connectivity index is 2.62. The molecule has 0 heterocycles. The zero-order valence-corrected chi connectivity index (χ0v) is 10.7. The monoisotopic (exact) mass is 283 g/mol. The molecule has 0 aliphatic rings. The van der Waals surface area contributed by atoms with Crippen molar-refractivity contribution in [3.8, 4) is 0 Å². The van der Waals surface area contributed by atoms with Gasteiger partial charge >= 0.3 is 12.0 Å². The van der Waals surface area contributed by atoms with E-state index >= 15 is 0 Å². The van der Waals surface area contributed by atoms with Crippen LogP contribution in [0.25, 0.3) is 0 Å². The molecule has 0 saturated heterocycles. The lowest BCUT2D eigenvalue weighted by Gasteiger charge is -2.09. The molecule has 0 saturated carbocycles. The van der Waals surface area contributed by atoms with Gasteiger partial charge in [-0.2, -0.15) is 0 Å². The average Bonchev–Trinajstić information content (AvgIpc) is 2.40. The Morgan fingerprint density at radius 2 is 2.00 bits per heavy atom. The standard InChI is InChI=1S/C12H14FN3O4/c1-14-10(17)4-5-15-12(20)16-9-3-2-7(13)6-8(9)11(18)19/h2-3,6H,4-5H2,1H3,(H,14,17)(H,18,19)(H2,15,16,20). The van der Waals surface area contributed by atoms with Gasteiger partial charge in [-0.25, -0.2) is 14.0 Å². The summed E-state index contributed by atoms with van der Waals surface area (Å²) in [6.45, 7) is 0.0924. The first-order valence-electron chi connectivity index (χ1n) is 5.72. The number of anilines is 1. The molecule has 0 aromatic heterocycles. The maximum atomic E-state index is 12.9. The van der Waals surface area contributed by atoms with Crippen molar-refractivity contribution in [2.45, 2.75) is 6.42 Å². The first kappa shape index (κ1) is 15.4. The minimum Gasteiger partial charge on any atom is -0.478 e.